The number of carbonyl (C=O) groups excluding carboxylic acids is 1. The number of carboxylic acid groups (broad SMARTS) is 1. The minimum Gasteiger partial charge on any atom is -0.481 e. The van der Waals surface area contributed by atoms with Crippen LogP contribution in [-0.4, -0.2) is 27.5 Å². The number of amides is 1. The maximum atomic E-state index is 11.9. The van der Waals surface area contributed by atoms with Crippen LogP contribution in [0.15, 0.2) is 5.38 Å². The molecular weight excluding hydrogens is 264 g/mol. The number of aromatic nitrogens is 1. The number of thiazole rings is 1. The van der Waals surface area contributed by atoms with Crippen molar-refractivity contribution in [3.8, 4) is 0 Å². The Balaban J connectivity index is 2.47. The molecule has 0 aliphatic rings. The van der Waals surface area contributed by atoms with Gasteiger partial charge in [-0.3, -0.25) is 9.59 Å². The van der Waals surface area contributed by atoms with Crippen LogP contribution in [0.4, 0.5) is 0 Å². The second-order valence-electron chi connectivity index (χ2n) is 5.09. The smallest absolute Gasteiger partial charge is 0.303 e. The molecule has 1 aromatic heterocycles. The molecule has 0 radical (unpaired) electrons. The molecule has 0 aliphatic heterocycles. The van der Waals surface area contributed by atoms with E-state index in [-0.39, 0.29) is 18.7 Å². The maximum Gasteiger partial charge on any atom is 0.303 e. The van der Waals surface area contributed by atoms with Gasteiger partial charge in [0.25, 0.3) is 0 Å². The minimum atomic E-state index is -0.852. The fraction of sp³-hybridized carbons (Fsp3) is 0.615. The number of hydrogen-bond acceptors (Lipinski definition) is 4. The van der Waals surface area contributed by atoms with Gasteiger partial charge >= 0.3 is 5.97 Å². The lowest BCUT2D eigenvalue weighted by Gasteiger charge is -2.25. The zero-order valence-corrected chi connectivity index (χ0v) is 12.3. The van der Waals surface area contributed by atoms with Crippen molar-refractivity contribution in [3.05, 3.63) is 16.1 Å². The van der Waals surface area contributed by atoms with Gasteiger partial charge in [0.1, 0.15) is 0 Å². The van der Waals surface area contributed by atoms with Gasteiger partial charge in [0.2, 0.25) is 5.91 Å². The van der Waals surface area contributed by atoms with Crippen molar-refractivity contribution in [1.29, 1.82) is 0 Å². The Hall–Kier alpha value is -1.43. The normalized spacial score (nSPS) is 11.3. The first-order chi connectivity index (χ1) is 8.82. The quantitative estimate of drug-likeness (QED) is 0.802. The largest absolute Gasteiger partial charge is 0.481 e. The molecule has 1 amide bonds. The highest BCUT2D eigenvalue weighted by atomic mass is 32.1. The summed E-state index contributed by atoms with van der Waals surface area (Å²) < 4.78 is 0. The number of hydrogen-bond donors (Lipinski definition) is 2. The maximum absolute atomic E-state index is 11.9. The zero-order chi connectivity index (χ0) is 14.5. The lowest BCUT2D eigenvalue weighted by molar-refractivity contribution is -0.137. The summed E-state index contributed by atoms with van der Waals surface area (Å²) in [4.78, 5) is 26.8. The Labute approximate surface area is 117 Å². The van der Waals surface area contributed by atoms with Gasteiger partial charge in [-0.1, -0.05) is 6.92 Å². The van der Waals surface area contributed by atoms with Crippen LogP contribution in [0.5, 0.6) is 0 Å². The van der Waals surface area contributed by atoms with Gasteiger partial charge in [0.05, 0.1) is 17.1 Å². The van der Waals surface area contributed by atoms with Crippen LogP contribution in [0.3, 0.4) is 0 Å². The molecule has 2 N–H and O–H groups in total. The van der Waals surface area contributed by atoms with Crippen molar-refractivity contribution >= 4 is 23.2 Å². The van der Waals surface area contributed by atoms with Gasteiger partial charge in [0, 0.05) is 17.3 Å². The molecular formula is C13H20N2O3S. The molecule has 0 aromatic carbocycles. The van der Waals surface area contributed by atoms with E-state index in [4.69, 9.17) is 5.11 Å². The van der Waals surface area contributed by atoms with Crippen molar-refractivity contribution in [1.82, 2.24) is 10.3 Å². The van der Waals surface area contributed by atoms with Gasteiger partial charge in [-0.25, -0.2) is 4.98 Å². The molecule has 0 aliphatic carbocycles. The van der Waals surface area contributed by atoms with Gasteiger partial charge < -0.3 is 10.4 Å². The Morgan fingerprint density at radius 1 is 1.47 bits per heavy atom. The first-order valence-corrected chi connectivity index (χ1v) is 7.16. The standard InChI is InChI=1S/C13H20N2O3S/c1-4-11-14-9(8-19-11)7-10(16)15-13(2,3)6-5-12(17)18/h8H,4-7H2,1-3H3,(H,15,16)(H,17,18). The van der Waals surface area contributed by atoms with E-state index in [1.165, 1.54) is 0 Å². The van der Waals surface area contributed by atoms with Crippen LogP contribution in [0, 0.1) is 0 Å². The third-order valence-electron chi connectivity index (χ3n) is 2.69. The summed E-state index contributed by atoms with van der Waals surface area (Å²) >= 11 is 1.55. The van der Waals surface area contributed by atoms with Crippen LogP contribution in [0.1, 0.15) is 44.3 Å². The molecule has 0 saturated carbocycles. The number of rotatable bonds is 7. The van der Waals surface area contributed by atoms with Crippen LogP contribution in [0.25, 0.3) is 0 Å². The fourth-order valence-corrected chi connectivity index (χ4v) is 2.41. The van der Waals surface area contributed by atoms with Gasteiger partial charge in [-0.05, 0) is 26.7 Å². The Kier molecular flexibility index (Phi) is 5.47. The molecule has 5 nitrogen and oxygen atoms in total. The van der Waals surface area contributed by atoms with E-state index >= 15 is 0 Å². The second-order valence-corrected chi connectivity index (χ2v) is 6.03. The topological polar surface area (TPSA) is 79.3 Å². The number of aryl methyl sites for hydroxylation is 1. The van der Waals surface area contributed by atoms with E-state index in [0.29, 0.717) is 6.42 Å². The average molecular weight is 284 g/mol. The van der Waals surface area contributed by atoms with Crippen molar-refractivity contribution in [3.63, 3.8) is 0 Å². The van der Waals surface area contributed by atoms with Gasteiger partial charge in [-0.15, -0.1) is 11.3 Å². The number of nitrogens with one attached hydrogen (secondary N) is 1. The Morgan fingerprint density at radius 2 is 2.16 bits per heavy atom. The summed E-state index contributed by atoms with van der Waals surface area (Å²) in [5, 5.41) is 14.4. The first-order valence-electron chi connectivity index (χ1n) is 6.28. The van der Waals surface area contributed by atoms with Crippen LogP contribution >= 0.6 is 11.3 Å². The van der Waals surface area contributed by atoms with Crippen molar-refractivity contribution < 1.29 is 14.7 Å². The summed E-state index contributed by atoms with van der Waals surface area (Å²) in [5.41, 5.74) is 0.257. The summed E-state index contributed by atoms with van der Waals surface area (Å²) in [7, 11) is 0. The van der Waals surface area contributed by atoms with Crippen molar-refractivity contribution in [2.24, 2.45) is 0 Å². The third kappa shape index (κ3) is 5.83. The van der Waals surface area contributed by atoms with Gasteiger partial charge in [0.15, 0.2) is 0 Å². The first kappa shape index (κ1) is 15.6. The van der Waals surface area contributed by atoms with E-state index in [1.54, 1.807) is 11.3 Å². The van der Waals surface area contributed by atoms with Crippen LogP contribution < -0.4 is 5.32 Å². The van der Waals surface area contributed by atoms with E-state index in [2.05, 4.69) is 10.3 Å². The highest BCUT2D eigenvalue weighted by Crippen LogP contribution is 2.13. The zero-order valence-electron chi connectivity index (χ0n) is 11.5. The summed E-state index contributed by atoms with van der Waals surface area (Å²) in [6.07, 6.45) is 1.57. The second kappa shape index (κ2) is 6.65. The number of aliphatic carboxylic acids is 1. The Bertz CT molecular complexity index is 454. The minimum absolute atomic E-state index is 0.0456. The van der Waals surface area contributed by atoms with Crippen molar-refractivity contribution in [2.75, 3.05) is 0 Å². The van der Waals surface area contributed by atoms with E-state index in [9.17, 15) is 9.59 Å². The predicted molar refractivity (Wildman–Crippen MR) is 74.3 cm³/mol. The molecule has 0 unspecified atom stereocenters. The van der Waals surface area contributed by atoms with Crippen LogP contribution in [-0.2, 0) is 22.4 Å². The van der Waals surface area contributed by atoms with Crippen LogP contribution in [0.2, 0.25) is 0 Å². The SMILES string of the molecule is CCc1nc(CC(=O)NC(C)(C)CCC(=O)O)cs1. The highest BCUT2D eigenvalue weighted by Gasteiger charge is 2.21. The highest BCUT2D eigenvalue weighted by molar-refractivity contribution is 7.09. The molecule has 1 heterocycles. The number of carbonyl (C=O) groups is 2. The number of carboxylic acids is 1. The third-order valence-corrected chi connectivity index (χ3v) is 3.73. The van der Waals surface area contributed by atoms with E-state index < -0.39 is 11.5 Å². The molecule has 106 valence electrons. The van der Waals surface area contributed by atoms with E-state index in [0.717, 1.165) is 17.1 Å². The average Bonchev–Trinajstić information content (AvgIpc) is 2.73. The molecule has 19 heavy (non-hydrogen) atoms. The summed E-state index contributed by atoms with van der Waals surface area (Å²) in [5.74, 6) is -0.974. The molecule has 0 atom stereocenters. The molecule has 0 spiro atoms. The molecule has 0 fully saturated rings. The monoisotopic (exact) mass is 284 g/mol. The van der Waals surface area contributed by atoms with Crippen molar-refractivity contribution in [2.45, 2.75) is 52.0 Å². The van der Waals surface area contributed by atoms with E-state index in [1.807, 2.05) is 26.2 Å². The Morgan fingerprint density at radius 3 is 2.68 bits per heavy atom. The summed E-state index contributed by atoms with van der Waals surface area (Å²) in [6, 6.07) is 0. The predicted octanol–water partition coefficient (Wildman–Crippen LogP) is 2.01. The lowest BCUT2D eigenvalue weighted by atomic mass is 9.98. The number of nitrogens with zero attached hydrogens (tertiary/aromatic N) is 1. The molecule has 1 aromatic rings. The fourth-order valence-electron chi connectivity index (χ4n) is 1.66. The summed E-state index contributed by atoms with van der Waals surface area (Å²) in [6.45, 7) is 5.68. The lowest BCUT2D eigenvalue weighted by Crippen LogP contribution is -2.44. The molecule has 0 saturated heterocycles. The van der Waals surface area contributed by atoms with Gasteiger partial charge in [-0.2, -0.15) is 0 Å². The molecule has 6 heteroatoms. The molecule has 0 bridgehead atoms. The molecule has 1 rings (SSSR count).